The minimum Gasteiger partial charge on any atom is -0.355 e. The Balaban J connectivity index is 2.23. The molecular formula is C8H16N6O. The number of guanidine groups is 1. The lowest BCUT2D eigenvalue weighted by molar-refractivity contribution is 0.409. The molecule has 0 amide bonds. The highest BCUT2D eigenvalue weighted by Crippen LogP contribution is 1.87. The van der Waals surface area contributed by atoms with E-state index in [0.717, 1.165) is 13.0 Å². The smallest absolute Gasteiger partial charge is 0.213 e. The fourth-order valence-electron chi connectivity index (χ4n) is 0.971. The molecule has 7 heteroatoms. The molecule has 7 nitrogen and oxygen atoms in total. The van der Waals surface area contributed by atoms with Crippen molar-refractivity contribution in [2.75, 3.05) is 13.1 Å². The molecule has 1 aromatic heterocycles. The highest BCUT2D eigenvalue weighted by molar-refractivity contribution is 5.79. The number of aliphatic imine (C=N–C) groups is 1. The van der Waals surface area contributed by atoms with E-state index in [0.29, 0.717) is 24.7 Å². The molecule has 4 N–H and O–H groups in total. The van der Waals surface area contributed by atoms with Crippen LogP contribution in [0.15, 0.2) is 15.9 Å². The van der Waals surface area contributed by atoms with E-state index < -0.39 is 0 Å². The quantitative estimate of drug-likeness (QED) is 0.261. The van der Waals surface area contributed by atoms with E-state index in [1.807, 2.05) is 0 Å². The van der Waals surface area contributed by atoms with Gasteiger partial charge in [0.15, 0.2) is 5.82 Å². The molecule has 15 heavy (non-hydrogen) atoms. The lowest BCUT2D eigenvalue weighted by Crippen LogP contribution is -2.42. The molecule has 0 saturated carbocycles. The van der Waals surface area contributed by atoms with E-state index in [9.17, 15) is 0 Å². The molecule has 1 heterocycles. The second kappa shape index (κ2) is 6.77. The Morgan fingerprint density at radius 3 is 3.13 bits per heavy atom. The van der Waals surface area contributed by atoms with Crippen molar-refractivity contribution in [3.05, 3.63) is 12.2 Å². The summed E-state index contributed by atoms with van der Waals surface area (Å²) in [6, 6.07) is 0. The molecule has 0 aliphatic heterocycles. The summed E-state index contributed by atoms with van der Waals surface area (Å²) in [7, 11) is 0. The van der Waals surface area contributed by atoms with E-state index in [1.165, 1.54) is 6.39 Å². The molecule has 0 spiro atoms. The number of hydrogen-bond donors (Lipinski definition) is 3. The van der Waals surface area contributed by atoms with Crippen LogP contribution in [0, 0.1) is 0 Å². The predicted octanol–water partition coefficient (Wildman–Crippen LogP) is -0.569. The number of hydrazine groups is 1. The zero-order valence-electron chi connectivity index (χ0n) is 8.73. The van der Waals surface area contributed by atoms with Gasteiger partial charge in [0, 0.05) is 19.5 Å². The van der Waals surface area contributed by atoms with Crippen LogP contribution in [0.1, 0.15) is 19.2 Å². The largest absolute Gasteiger partial charge is 0.355 e. The maximum Gasteiger partial charge on any atom is 0.213 e. The van der Waals surface area contributed by atoms with Crippen molar-refractivity contribution in [3.63, 3.8) is 0 Å². The van der Waals surface area contributed by atoms with Crippen molar-refractivity contribution < 1.29 is 4.52 Å². The molecule has 0 fully saturated rings. The number of aromatic nitrogens is 2. The number of rotatable bonds is 5. The van der Waals surface area contributed by atoms with Crippen LogP contribution in [0.25, 0.3) is 0 Å². The lowest BCUT2D eigenvalue weighted by Gasteiger charge is -2.07. The molecule has 84 valence electrons. The predicted molar refractivity (Wildman–Crippen MR) is 55.9 cm³/mol. The van der Waals surface area contributed by atoms with E-state index in [-0.39, 0.29) is 0 Å². The van der Waals surface area contributed by atoms with Crippen molar-refractivity contribution in [1.29, 1.82) is 0 Å². The van der Waals surface area contributed by atoms with E-state index in [1.54, 1.807) is 0 Å². The van der Waals surface area contributed by atoms with Crippen LogP contribution in [0.4, 0.5) is 0 Å². The zero-order chi connectivity index (χ0) is 10.9. The third-order valence-electron chi connectivity index (χ3n) is 1.68. The number of nitrogens with zero attached hydrogens (tertiary/aromatic N) is 3. The lowest BCUT2D eigenvalue weighted by atomic mass is 10.4. The average Bonchev–Trinajstić information content (AvgIpc) is 2.76. The van der Waals surface area contributed by atoms with Gasteiger partial charge >= 0.3 is 0 Å². The summed E-state index contributed by atoms with van der Waals surface area (Å²) >= 11 is 0. The Labute approximate surface area is 88.1 Å². The first-order chi connectivity index (χ1) is 7.36. The molecule has 0 atom stereocenters. The van der Waals surface area contributed by atoms with Crippen molar-refractivity contribution in [2.45, 2.75) is 19.8 Å². The molecule has 0 aliphatic carbocycles. The summed E-state index contributed by atoms with van der Waals surface area (Å²) in [6.45, 7) is 3.46. The summed E-state index contributed by atoms with van der Waals surface area (Å²) in [4.78, 5) is 8.08. The normalized spacial score (nSPS) is 11.5. The van der Waals surface area contributed by atoms with Gasteiger partial charge in [0.05, 0.1) is 0 Å². The van der Waals surface area contributed by atoms with Gasteiger partial charge in [-0.1, -0.05) is 12.1 Å². The number of hydrogen-bond acceptors (Lipinski definition) is 5. The van der Waals surface area contributed by atoms with Crippen molar-refractivity contribution in [2.24, 2.45) is 10.8 Å². The van der Waals surface area contributed by atoms with Crippen LogP contribution < -0.4 is 16.6 Å². The van der Waals surface area contributed by atoms with Gasteiger partial charge in [-0.25, -0.2) is 5.84 Å². The second-order valence-electron chi connectivity index (χ2n) is 2.90. The summed E-state index contributed by atoms with van der Waals surface area (Å²) in [5.74, 6) is 6.53. The van der Waals surface area contributed by atoms with E-state index >= 15 is 0 Å². The second-order valence-corrected chi connectivity index (χ2v) is 2.90. The summed E-state index contributed by atoms with van der Waals surface area (Å²) in [5, 5.41) is 6.72. The van der Waals surface area contributed by atoms with Crippen LogP contribution in [0.2, 0.25) is 0 Å². The van der Waals surface area contributed by atoms with Gasteiger partial charge < -0.3 is 9.84 Å². The standard InChI is InChI=1S/C8H16N6O/c1-2-4-10-8(13-9)11-5-3-7-12-6-15-14-7/h6H,2-5,9H2,1H3,(H2,10,11,13). The molecule has 0 bridgehead atoms. The Morgan fingerprint density at radius 1 is 1.67 bits per heavy atom. The summed E-state index contributed by atoms with van der Waals surface area (Å²) in [5.41, 5.74) is 2.49. The fourth-order valence-corrected chi connectivity index (χ4v) is 0.971. The van der Waals surface area contributed by atoms with Gasteiger partial charge in [0.2, 0.25) is 12.4 Å². The maximum atomic E-state index is 5.28. The van der Waals surface area contributed by atoms with Crippen molar-refractivity contribution in [3.8, 4) is 0 Å². The molecule has 0 unspecified atom stereocenters. The maximum absolute atomic E-state index is 5.28. The highest BCUT2D eigenvalue weighted by Gasteiger charge is 1.99. The number of nitrogens with one attached hydrogen (secondary N) is 2. The molecule has 0 radical (unpaired) electrons. The SMILES string of the molecule is CCCN=C(NN)NCCc1ncon1. The van der Waals surface area contributed by atoms with Gasteiger partial charge in [-0.15, -0.1) is 0 Å². The van der Waals surface area contributed by atoms with Crippen molar-refractivity contribution >= 4 is 5.96 Å². The zero-order valence-corrected chi connectivity index (χ0v) is 8.73. The fraction of sp³-hybridized carbons (Fsp3) is 0.625. The third-order valence-corrected chi connectivity index (χ3v) is 1.68. The highest BCUT2D eigenvalue weighted by atomic mass is 16.5. The summed E-state index contributed by atoms with van der Waals surface area (Å²) < 4.78 is 4.60. The van der Waals surface area contributed by atoms with Gasteiger partial charge in [-0.2, -0.15) is 4.98 Å². The molecule has 1 aromatic rings. The Morgan fingerprint density at radius 2 is 2.53 bits per heavy atom. The minimum atomic E-state index is 0.584. The molecular weight excluding hydrogens is 196 g/mol. The van der Waals surface area contributed by atoms with Crippen LogP contribution in [-0.4, -0.2) is 29.2 Å². The topological polar surface area (TPSA) is 101 Å². The van der Waals surface area contributed by atoms with Crippen LogP contribution in [0.3, 0.4) is 0 Å². The van der Waals surface area contributed by atoms with Crippen LogP contribution >= 0.6 is 0 Å². The van der Waals surface area contributed by atoms with Crippen LogP contribution in [0.5, 0.6) is 0 Å². The van der Waals surface area contributed by atoms with E-state index in [4.69, 9.17) is 5.84 Å². The monoisotopic (exact) mass is 212 g/mol. The van der Waals surface area contributed by atoms with E-state index in [2.05, 4.69) is 37.3 Å². The molecule has 0 aliphatic rings. The Hall–Kier alpha value is -1.63. The Kier molecular flexibility index (Phi) is 5.16. The molecule has 0 aromatic carbocycles. The van der Waals surface area contributed by atoms with Gasteiger partial charge in [-0.3, -0.25) is 10.4 Å². The van der Waals surface area contributed by atoms with Gasteiger partial charge in [0.1, 0.15) is 0 Å². The molecule has 1 rings (SSSR count). The third kappa shape index (κ3) is 4.41. The van der Waals surface area contributed by atoms with Crippen molar-refractivity contribution in [1.82, 2.24) is 20.9 Å². The van der Waals surface area contributed by atoms with Crippen LogP contribution in [-0.2, 0) is 6.42 Å². The minimum absolute atomic E-state index is 0.584. The average molecular weight is 212 g/mol. The first kappa shape index (κ1) is 11.4. The number of nitrogens with two attached hydrogens (primary N) is 1. The first-order valence-electron chi connectivity index (χ1n) is 4.87. The Bertz CT molecular complexity index is 283. The molecule has 0 saturated heterocycles. The first-order valence-corrected chi connectivity index (χ1v) is 4.87. The van der Waals surface area contributed by atoms with Gasteiger partial charge in [0.25, 0.3) is 0 Å². The van der Waals surface area contributed by atoms with Gasteiger partial charge in [-0.05, 0) is 6.42 Å². The summed E-state index contributed by atoms with van der Waals surface area (Å²) in [6.07, 6.45) is 2.96.